The van der Waals surface area contributed by atoms with Crippen molar-refractivity contribution in [3.63, 3.8) is 0 Å². The van der Waals surface area contributed by atoms with Crippen LogP contribution in [-0.2, 0) is 22.0 Å². The second-order valence-corrected chi connectivity index (χ2v) is 3.82. The molecule has 5 nitrogen and oxygen atoms in total. The van der Waals surface area contributed by atoms with E-state index in [1.54, 1.807) is 6.92 Å². The van der Waals surface area contributed by atoms with Crippen LogP contribution in [0.5, 0.6) is 0 Å². The molecule has 0 atom stereocenters. The summed E-state index contributed by atoms with van der Waals surface area (Å²) in [5.41, 5.74) is 0.784. The third kappa shape index (κ3) is 4.23. The van der Waals surface area contributed by atoms with Crippen LogP contribution >= 0.6 is 11.6 Å². The number of carbonyl (C=O) groups is 1. The average molecular weight is 273 g/mol. The molecule has 1 aromatic rings. The number of rotatable bonds is 7. The van der Waals surface area contributed by atoms with E-state index in [0.717, 1.165) is 6.42 Å². The fourth-order valence-corrected chi connectivity index (χ4v) is 1.52. The smallest absolute Gasteiger partial charge is 0.341 e. The van der Waals surface area contributed by atoms with Crippen LogP contribution in [0.4, 0.5) is 0 Å². The Morgan fingerprint density at radius 1 is 1.44 bits per heavy atom. The third-order valence-electron chi connectivity index (χ3n) is 2.12. The van der Waals surface area contributed by atoms with Gasteiger partial charge in [0.25, 0.3) is 0 Å². The van der Waals surface area contributed by atoms with Gasteiger partial charge in [-0.05, 0) is 13.3 Å². The Balaban J connectivity index is 2.79. The van der Waals surface area contributed by atoms with Crippen LogP contribution in [-0.4, -0.2) is 29.2 Å². The Labute approximate surface area is 111 Å². The molecule has 1 heterocycles. The summed E-state index contributed by atoms with van der Waals surface area (Å²) in [5, 5.41) is 0. The minimum atomic E-state index is -0.450. The fourth-order valence-electron chi connectivity index (χ4n) is 1.32. The maximum Gasteiger partial charge on any atom is 0.341 e. The van der Waals surface area contributed by atoms with E-state index in [1.165, 1.54) is 6.20 Å². The van der Waals surface area contributed by atoms with Crippen LogP contribution < -0.4 is 0 Å². The predicted octanol–water partition coefficient (Wildman–Crippen LogP) is 2.32. The van der Waals surface area contributed by atoms with Crippen LogP contribution in [0.2, 0.25) is 0 Å². The molecule has 0 amide bonds. The number of aromatic nitrogens is 2. The lowest BCUT2D eigenvalue weighted by Gasteiger charge is -2.07. The largest absolute Gasteiger partial charge is 0.462 e. The van der Waals surface area contributed by atoms with Crippen LogP contribution in [0.25, 0.3) is 0 Å². The molecule has 0 saturated heterocycles. The molecule has 0 aliphatic rings. The van der Waals surface area contributed by atoms with E-state index in [2.05, 4.69) is 9.97 Å². The first-order valence-corrected chi connectivity index (χ1v) is 6.42. The molecule has 0 saturated carbocycles. The Morgan fingerprint density at radius 2 is 2.22 bits per heavy atom. The van der Waals surface area contributed by atoms with Gasteiger partial charge in [0.2, 0.25) is 0 Å². The van der Waals surface area contributed by atoms with Crippen LogP contribution in [0.1, 0.15) is 42.1 Å². The number of halogens is 1. The van der Waals surface area contributed by atoms with E-state index >= 15 is 0 Å². The molecule has 0 unspecified atom stereocenters. The maximum absolute atomic E-state index is 11.6. The van der Waals surface area contributed by atoms with Crippen molar-refractivity contribution in [2.45, 2.75) is 32.8 Å². The summed E-state index contributed by atoms with van der Waals surface area (Å²) in [7, 11) is 0. The lowest BCUT2D eigenvalue weighted by molar-refractivity contribution is 0.0523. The second-order valence-electron chi connectivity index (χ2n) is 3.55. The first-order valence-electron chi connectivity index (χ1n) is 5.88. The van der Waals surface area contributed by atoms with Gasteiger partial charge < -0.3 is 9.47 Å². The molecule has 0 N–H and O–H groups in total. The second kappa shape index (κ2) is 8.00. The van der Waals surface area contributed by atoms with Crippen molar-refractivity contribution in [1.82, 2.24) is 9.97 Å². The molecule has 18 heavy (non-hydrogen) atoms. The summed E-state index contributed by atoms with van der Waals surface area (Å²) >= 11 is 5.77. The number of carbonyl (C=O) groups excluding carboxylic acids is 1. The van der Waals surface area contributed by atoms with Gasteiger partial charge in [0.1, 0.15) is 12.2 Å². The molecule has 100 valence electrons. The number of nitrogens with zero attached hydrogens (tertiary/aromatic N) is 2. The van der Waals surface area contributed by atoms with Crippen molar-refractivity contribution >= 4 is 17.6 Å². The lowest BCUT2D eigenvalue weighted by atomic mass is 10.2. The molecule has 0 aromatic carbocycles. The van der Waals surface area contributed by atoms with E-state index in [-0.39, 0.29) is 5.88 Å². The molecule has 6 heteroatoms. The van der Waals surface area contributed by atoms with E-state index in [4.69, 9.17) is 21.1 Å². The van der Waals surface area contributed by atoms with Gasteiger partial charge in [-0.3, -0.25) is 0 Å². The van der Waals surface area contributed by atoms with Crippen LogP contribution in [0.3, 0.4) is 0 Å². The summed E-state index contributed by atoms with van der Waals surface area (Å²) in [6, 6.07) is 0. The minimum Gasteiger partial charge on any atom is -0.462 e. The molecule has 0 aliphatic carbocycles. The third-order valence-corrected chi connectivity index (χ3v) is 2.37. The summed E-state index contributed by atoms with van der Waals surface area (Å²) < 4.78 is 10.2. The average Bonchev–Trinajstić information content (AvgIpc) is 2.39. The van der Waals surface area contributed by atoms with Crippen molar-refractivity contribution in [2.24, 2.45) is 0 Å². The number of alkyl halides is 1. The highest BCUT2D eigenvalue weighted by molar-refractivity contribution is 6.17. The molecular formula is C12H17ClN2O3. The fraction of sp³-hybridized carbons (Fsp3) is 0.583. The Bertz CT molecular complexity index is 399. The monoisotopic (exact) mass is 272 g/mol. The molecular weight excluding hydrogens is 256 g/mol. The van der Waals surface area contributed by atoms with Gasteiger partial charge in [-0.25, -0.2) is 14.8 Å². The van der Waals surface area contributed by atoms with Gasteiger partial charge in [-0.2, -0.15) is 0 Å². The zero-order valence-electron chi connectivity index (χ0n) is 10.6. The van der Waals surface area contributed by atoms with Crippen molar-refractivity contribution in [2.75, 3.05) is 13.2 Å². The topological polar surface area (TPSA) is 61.3 Å². The van der Waals surface area contributed by atoms with Gasteiger partial charge >= 0.3 is 5.97 Å². The standard InChI is InChI=1S/C12H17ClN2O3/c1-3-5-17-8-11-14-7-9(10(6-13)15-11)12(16)18-4-2/h7H,3-6,8H2,1-2H3. The highest BCUT2D eigenvalue weighted by Gasteiger charge is 2.14. The first-order chi connectivity index (χ1) is 8.72. The van der Waals surface area contributed by atoms with Gasteiger partial charge in [0.05, 0.1) is 18.2 Å². The SMILES string of the molecule is CCCOCc1ncc(C(=O)OCC)c(CCl)n1. The zero-order valence-corrected chi connectivity index (χ0v) is 11.4. The summed E-state index contributed by atoms with van der Waals surface area (Å²) in [5.74, 6) is 0.207. The predicted molar refractivity (Wildman–Crippen MR) is 67.5 cm³/mol. The number of hydrogen-bond donors (Lipinski definition) is 0. The van der Waals surface area contributed by atoms with Gasteiger partial charge in [-0.15, -0.1) is 11.6 Å². The van der Waals surface area contributed by atoms with E-state index in [9.17, 15) is 4.79 Å². The van der Waals surface area contributed by atoms with Crippen molar-refractivity contribution in [3.8, 4) is 0 Å². The molecule has 1 rings (SSSR count). The van der Waals surface area contributed by atoms with E-state index in [1.807, 2.05) is 6.92 Å². The number of hydrogen-bond acceptors (Lipinski definition) is 5. The van der Waals surface area contributed by atoms with Crippen molar-refractivity contribution < 1.29 is 14.3 Å². The summed E-state index contributed by atoms with van der Waals surface area (Å²) in [4.78, 5) is 19.9. The molecule has 0 aliphatic heterocycles. The van der Waals surface area contributed by atoms with E-state index < -0.39 is 5.97 Å². The Kier molecular flexibility index (Phi) is 6.60. The highest BCUT2D eigenvalue weighted by Crippen LogP contribution is 2.10. The Morgan fingerprint density at radius 3 is 2.83 bits per heavy atom. The molecule has 1 aromatic heterocycles. The van der Waals surface area contributed by atoms with Crippen LogP contribution in [0.15, 0.2) is 6.20 Å². The maximum atomic E-state index is 11.6. The number of ether oxygens (including phenoxy) is 2. The van der Waals surface area contributed by atoms with Gasteiger partial charge in [0, 0.05) is 12.8 Å². The molecule has 0 bridgehead atoms. The quantitative estimate of drug-likeness (QED) is 0.433. The number of esters is 1. The lowest BCUT2D eigenvalue weighted by Crippen LogP contribution is -2.12. The van der Waals surface area contributed by atoms with Crippen LogP contribution in [0, 0.1) is 0 Å². The van der Waals surface area contributed by atoms with Gasteiger partial charge in [-0.1, -0.05) is 6.92 Å². The van der Waals surface area contributed by atoms with E-state index in [0.29, 0.717) is 36.9 Å². The zero-order chi connectivity index (χ0) is 13.4. The highest BCUT2D eigenvalue weighted by atomic mass is 35.5. The summed E-state index contributed by atoms with van der Waals surface area (Å²) in [6.07, 6.45) is 2.37. The first kappa shape index (κ1) is 14.9. The summed E-state index contributed by atoms with van der Waals surface area (Å²) in [6.45, 7) is 5.04. The normalized spacial score (nSPS) is 10.4. The van der Waals surface area contributed by atoms with Crippen molar-refractivity contribution in [3.05, 3.63) is 23.3 Å². The minimum absolute atomic E-state index is 0.136. The Hall–Kier alpha value is -1.20. The molecule has 0 spiro atoms. The van der Waals surface area contributed by atoms with Gasteiger partial charge in [0.15, 0.2) is 5.82 Å². The molecule has 0 fully saturated rings. The van der Waals surface area contributed by atoms with Crippen molar-refractivity contribution in [1.29, 1.82) is 0 Å². The molecule has 0 radical (unpaired) electrons.